The monoisotopic (exact) mass is 597 g/mol. The van der Waals surface area contributed by atoms with Crippen LogP contribution in [0.15, 0.2) is 76.7 Å². The van der Waals surface area contributed by atoms with E-state index < -0.39 is 5.82 Å². The van der Waals surface area contributed by atoms with E-state index in [-0.39, 0.29) is 17.1 Å². The second kappa shape index (κ2) is 11.4. The SMILES string of the molecule is CCOc1ccc(-n2c(SCC(=O)c3ccc(F)cc3)nc3c(sc(=S)n3-c3ccc(Cl)c(C)c3)c2=O)cc1. The Morgan fingerprint density at radius 3 is 2.44 bits per heavy atom. The number of thioether (sulfide) groups is 1. The first-order chi connectivity index (χ1) is 18.8. The molecule has 5 rings (SSSR count). The lowest BCUT2D eigenvalue weighted by atomic mass is 10.1. The Labute approximate surface area is 241 Å². The molecule has 0 spiro atoms. The van der Waals surface area contributed by atoms with E-state index in [1.54, 1.807) is 34.9 Å². The number of benzene rings is 3. The van der Waals surface area contributed by atoms with Gasteiger partial charge in [-0.2, -0.15) is 0 Å². The van der Waals surface area contributed by atoms with Crippen molar-refractivity contribution in [3.63, 3.8) is 0 Å². The molecule has 2 heterocycles. The molecule has 0 bridgehead atoms. The largest absolute Gasteiger partial charge is 0.494 e. The summed E-state index contributed by atoms with van der Waals surface area (Å²) in [4.78, 5) is 31.7. The highest BCUT2D eigenvalue weighted by Gasteiger charge is 2.20. The highest BCUT2D eigenvalue weighted by Crippen LogP contribution is 2.29. The smallest absolute Gasteiger partial charge is 0.278 e. The number of hydrogen-bond acceptors (Lipinski definition) is 7. The Morgan fingerprint density at radius 1 is 1.08 bits per heavy atom. The van der Waals surface area contributed by atoms with Gasteiger partial charge in [0, 0.05) is 16.3 Å². The van der Waals surface area contributed by atoms with Crippen LogP contribution in [0.5, 0.6) is 5.75 Å². The van der Waals surface area contributed by atoms with E-state index in [4.69, 9.17) is 33.5 Å². The molecule has 0 unspecified atom stereocenters. The maximum atomic E-state index is 13.9. The van der Waals surface area contributed by atoms with Crippen molar-refractivity contribution in [2.45, 2.75) is 19.0 Å². The van der Waals surface area contributed by atoms with Gasteiger partial charge in [0.1, 0.15) is 16.3 Å². The molecular formula is C28H21ClFN3O3S3. The minimum Gasteiger partial charge on any atom is -0.494 e. The summed E-state index contributed by atoms with van der Waals surface area (Å²) in [5.41, 5.74) is 2.63. The number of halogens is 2. The first kappa shape index (κ1) is 27.3. The average molecular weight is 598 g/mol. The standard InChI is InChI=1S/C28H21ClFN3O3S3/c1-3-36-21-11-8-19(9-12-21)33-26(35)24-25(32(28(37)39-24)20-10-13-22(29)16(2)14-20)31-27(33)38-15-23(34)17-4-6-18(30)7-5-17/h4-14H,3,15H2,1-2H3. The molecule has 0 aliphatic rings. The van der Waals surface area contributed by atoms with Crippen LogP contribution in [0, 0.1) is 16.7 Å². The van der Waals surface area contributed by atoms with Gasteiger partial charge in [0.05, 0.1) is 18.0 Å². The third kappa shape index (κ3) is 5.56. The summed E-state index contributed by atoms with van der Waals surface area (Å²) in [5, 5.41) is 0.936. The fourth-order valence-electron chi connectivity index (χ4n) is 3.96. The van der Waals surface area contributed by atoms with Crippen LogP contribution in [-0.2, 0) is 0 Å². The molecule has 0 saturated carbocycles. The zero-order valence-corrected chi connectivity index (χ0v) is 24.0. The number of nitrogens with zero attached hydrogens (tertiary/aromatic N) is 3. The summed E-state index contributed by atoms with van der Waals surface area (Å²) < 4.78 is 23.0. The number of carbonyl (C=O) groups excluding carboxylic acids is 1. The fourth-order valence-corrected chi connectivity index (χ4v) is 6.28. The minimum atomic E-state index is -0.421. The van der Waals surface area contributed by atoms with E-state index in [1.807, 2.05) is 26.0 Å². The van der Waals surface area contributed by atoms with Gasteiger partial charge in [-0.3, -0.25) is 18.7 Å². The lowest BCUT2D eigenvalue weighted by Gasteiger charge is -2.14. The molecule has 2 aromatic heterocycles. The first-order valence-corrected chi connectivity index (χ1v) is 14.5. The number of aromatic nitrogens is 3. The summed E-state index contributed by atoms with van der Waals surface area (Å²) in [7, 11) is 0. The van der Waals surface area contributed by atoms with Crippen LogP contribution in [0.25, 0.3) is 21.7 Å². The second-order valence-corrected chi connectivity index (χ2v) is 11.5. The molecule has 0 aliphatic heterocycles. The molecule has 0 fully saturated rings. The predicted octanol–water partition coefficient (Wildman–Crippen LogP) is 7.44. The zero-order valence-electron chi connectivity index (χ0n) is 20.8. The van der Waals surface area contributed by atoms with E-state index in [9.17, 15) is 14.0 Å². The number of ether oxygens (including phenoxy) is 1. The Hall–Kier alpha value is -3.31. The summed E-state index contributed by atoms with van der Waals surface area (Å²) in [6, 6.07) is 17.9. The van der Waals surface area contributed by atoms with E-state index in [0.717, 1.165) is 23.0 Å². The number of thiazole rings is 1. The summed E-state index contributed by atoms with van der Waals surface area (Å²) in [6.07, 6.45) is 0. The van der Waals surface area contributed by atoms with Gasteiger partial charge in [-0.1, -0.05) is 34.7 Å². The second-order valence-electron chi connectivity index (χ2n) is 8.47. The minimum absolute atomic E-state index is 0.00840. The summed E-state index contributed by atoms with van der Waals surface area (Å²) in [5.74, 6) is 0.0211. The molecule has 0 saturated heterocycles. The lowest BCUT2D eigenvalue weighted by molar-refractivity contribution is 0.102. The van der Waals surface area contributed by atoms with Gasteiger partial charge in [-0.05, 0) is 98.4 Å². The fraction of sp³-hybridized carbons (Fsp3) is 0.143. The molecular weight excluding hydrogens is 577 g/mol. The molecule has 6 nitrogen and oxygen atoms in total. The van der Waals surface area contributed by atoms with Crippen molar-refractivity contribution in [3.05, 3.63) is 103 Å². The van der Waals surface area contributed by atoms with Gasteiger partial charge in [0.2, 0.25) is 0 Å². The number of hydrogen-bond donors (Lipinski definition) is 0. The Morgan fingerprint density at radius 2 is 1.77 bits per heavy atom. The Kier molecular flexibility index (Phi) is 7.99. The normalized spacial score (nSPS) is 11.2. The number of ketones is 1. The number of fused-ring (bicyclic) bond motifs is 1. The number of Topliss-reactive ketones (excluding diaryl/α,β-unsaturated/α-hetero) is 1. The lowest BCUT2D eigenvalue weighted by Crippen LogP contribution is -2.22. The van der Waals surface area contributed by atoms with Gasteiger partial charge in [0.15, 0.2) is 20.5 Å². The highest BCUT2D eigenvalue weighted by molar-refractivity contribution is 7.99. The highest BCUT2D eigenvalue weighted by atomic mass is 35.5. The van der Waals surface area contributed by atoms with Gasteiger partial charge in [-0.25, -0.2) is 9.37 Å². The van der Waals surface area contributed by atoms with Crippen LogP contribution in [0.1, 0.15) is 22.8 Å². The van der Waals surface area contributed by atoms with E-state index in [1.165, 1.54) is 40.2 Å². The van der Waals surface area contributed by atoms with Crippen molar-refractivity contribution in [2.75, 3.05) is 12.4 Å². The predicted molar refractivity (Wildman–Crippen MR) is 158 cm³/mol. The van der Waals surface area contributed by atoms with Gasteiger partial charge < -0.3 is 4.74 Å². The van der Waals surface area contributed by atoms with E-state index >= 15 is 0 Å². The van der Waals surface area contributed by atoms with Crippen molar-refractivity contribution in [2.24, 2.45) is 0 Å². The van der Waals surface area contributed by atoms with Crippen molar-refractivity contribution in [3.8, 4) is 17.1 Å². The summed E-state index contributed by atoms with van der Waals surface area (Å²) in [6.45, 7) is 4.29. The van der Waals surface area contributed by atoms with Crippen LogP contribution in [0.4, 0.5) is 4.39 Å². The van der Waals surface area contributed by atoms with Gasteiger partial charge >= 0.3 is 0 Å². The topological polar surface area (TPSA) is 66.1 Å². The van der Waals surface area contributed by atoms with Crippen LogP contribution in [-0.4, -0.2) is 32.3 Å². The third-order valence-corrected chi connectivity index (χ3v) is 8.59. The number of carbonyl (C=O) groups is 1. The first-order valence-electron chi connectivity index (χ1n) is 11.9. The third-order valence-electron chi connectivity index (χ3n) is 5.88. The van der Waals surface area contributed by atoms with Gasteiger partial charge in [-0.15, -0.1) is 0 Å². The molecule has 11 heteroatoms. The molecule has 0 atom stereocenters. The Balaban J connectivity index is 1.65. The quantitative estimate of drug-likeness (QED) is 0.0801. The van der Waals surface area contributed by atoms with E-state index in [0.29, 0.717) is 48.1 Å². The molecule has 3 aromatic carbocycles. The van der Waals surface area contributed by atoms with Crippen LogP contribution in [0.2, 0.25) is 5.02 Å². The van der Waals surface area contributed by atoms with Crippen molar-refractivity contribution in [1.82, 2.24) is 14.1 Å². The number of aryl methyl sites for hydroxylation is 1. The molecule has 0 amide bonds. The molecule has 0 N–H and O–H groups in total. The van der Waals surface area contributed by atoms with Crippen molar-refractivity contribution in [1.29, 1.82) is 0 Å². The van der Waals surface area contributed by atoms with Crippen molar-refractivity contribution >= 4 is 63.0 Å². The molecule has 198 valence electrons. The number of rotatable bonds is 8. The molecule has 0 aliphatic carbocycles. The maximum absolute atomic E-state index is 13.9. The molecule has 39 heavy (non-hydrogen) atoms. The van der Waals surface area contributed by atoms with Gasteiger partial charge in [0.25, 0.3) is 5.56 Å². The summed E-state index contributed by atoms with van der Waals surface area (Å²) >= 11 is 14.2. The van der Waals surface area contributed by atoms with Crippen LogP contribution in [0.3, 0.4) is 0 Å². The van der Waals surface area contributed by atoms with Crippen LogP contribution < -0.4 is 10.3 Å². The van der Waals surface area contributed by atoms with Crippen molar-refractivity contribution < 1.29 is 13.9 Å². The Bertz CT molecular complexity index is 1810. The molecule has 5 aromatic rings. The average Bonchev–Trinajstić information content (AvgIpc) is 3.26. The van der Waals surface area contributed by atoms with Crippen LogP contribution >= 0.6 is 46.9 Å². The maximum Gasteiger partial charge on any atom is 0.278 e. The molecule has 0 radical (unpaired) electrons. The zero-order chi connectivity index (χ0) is 27.7. The van der Waals surface area contributed by atoms with E-state index in [2.05, 4.69) is 0 Å².